The highest BCUT2D eigenvalue weighted by molar-refractivity contribution is 5.92. The number of hydrogen-bond donors (Lipinski definition) is 2. The zero-order chi connectivity index (χ0) is 22.8. The third-order valence-corrected chi connectivity index (χ3v) is 5.97. The van der Waals surface area contributed by atoms with Gasteiger partial charge in [-0.15, -0.1) is 0 Å². The number of rotatable bonds is 4. The summed E-state index contributed by atoms with van der Waals surface area (Å²) in [5.41, 5.74) is 2.33. The molecule has 1 saturated heterocycles. The Morgan fingerprint density at radius 3 is 2.72 bits per heavy atom. The normalized spacial score (nSPS) is 14.9. The van der Waals surface area contributed by atoms with Crippen molar-refractivity contribution < 1.29 is 9.18 Å². The summed E-state index contributed by atoms with van der Waals surface area (Å²) in [5.74, 6) is -0.626. The lowest BCUT2D eigenvalue weighted by Crippen LogP contribution is -2.33. The second-order valence-electron chi connectivity index (χ2n) is 7.96. The number of nitrogens with zero attached hydrogens (tertiary/aromatic N) is 4. The van der Waals surface area contributed by atoms with Gasteiger partial charge in [0, 0.05) is 19.2 Å². The first-order chi connectivity index (χ1) is 15.4. The molecular formula is C23H23FN6O2. The van der Waals surface area contributed by atoms with Crippen LogP contribution in [0, 0.1) is 24.1 Å². The van der Waals surface area contributed by atoms with Crippen LogP contribution in [-0.2, 0) is 6.54 Å². The number of aromatic amines is 1. The number of benzene rings is 1. The number of nitriles is 1. The molecule has 32 heavy (non-hydrogen) atoms. The molecule has 3 aromatic rings. The van der Waals surface area contributed by atoms with Crippen molar-refractivity contribution >= 4 is 16.9 Å². The average Bonchev–Trinajstić information content (AvgIpc) is 2.82. The van der Waals surface area contributed by atoms with Crippen molar-refractivity contribution in [1.29, 1.82) is 5.26 Å². The zero-order valence-corrected chi connectivity index (χ0v) is 17.9. The molecule has 8 nitrogen and oxygen atoms in total. The molecule has 1 aliphatic heterocycles. The molecule has 0 unspecified atom stereocenters. The number of nitrogens with one attached hydrogen (secondary N) is 2. The van der Waals surface area contributed by atoms with Gasteiger partial charge in [-0.2, -0.15) is 5.26 Å². The van der Waals surface area contributed by atoms with Crippen molar-refractivity contribution in [2.75, 3.05) is 20.1 Å². The van der Waals surface area contributed by atoms with Crippen LogP contribution in [0.3, 0.4) is 0 Å². The van der Waals surface area contributed by atoms with Crippen molar-refractivity contribution in [3.63, 3.8) is 0 Å². The van der Waals surface area contributed by atoms with Gasteiger partial charge in [0.2, 0.25) is 0 Å². The minimum Gasteiger partial charge on any atom is -0.354 e. The van der Waals surface area contributed by atoms with Gasteiger partial charge in [0.1, 0.15) is 28.7 Å². The predicted molar refractivity (Wildman–Crippen MR) is 117 cm³/mol. The lowest BCUT2D eigenvalue weighted by molar-refractivity contribution is 0.0958. The van der Waals surface area contributed by atoms with Gasteiger partial charge >= 0.3 is 0 Å². The van der Waals surface area contributed by atoms with Crippen molar-refractivity contribution in [3.05, 3.63) is 68.6 Å². The van der Waals surface area contributed by atoms with Gasteiger partial charge in [0.05, 0.1) is 5.52 Å². The van der Waals surface area contributed by atoms with Crippen LogP contribution in [0.15, 0.2) is 29.1 Å². The Bertz CT molecular complexity index is 1290. The molecule has 1 fully saturated rings. The van der Waals surface area contributed by atoms with E-state index in [1.165, 1.54) is 7.05 Å². The average molecular weight is 434 g/mol. The molecule has 4 rings (SSSR count). The lowest BCUT2D eigenvalue weighted by atomic mass is 9.88. The SMILES string of the molecule is CNC(=O)c1ccc(C2CCN(Cc3ccc4nc(C)c(=O)[nH]c4c3F)CC2)c(C#N)n1. The van der Waals surface area contributed by atoms with E-state index in [9.17, 15) is 19.2 Å². The van der Waals surface area contributed by atoms with E-state index in [-0.39, 0.29) is 28.7 Å². The number of amides is 1. The number of fused-ring (bicyclic) bond motifs is 1. The molecule has 0 spiro atoms. The van der Waals surface area contributed by atoms with Crippen molar-refractivity contribution in [2.45, 2.75) is 32.2 Å². The van der Waals surface area contributed by atoms with Crippen molar-refractivity contribution in [2.24, 2.45) is 0 Å². The number of carbonyl (C=O) groups excluding carboxylic acids is 1. The second-order valence-corrected chi connectivity index (χ2v) is 7.96. The van der Waals surface area contributed by atoms with Gasteiger partial charge in [-0.3, -0.25) is 14.5 Å². The number of aromatic nitrogens is 3. The molecule has 0 aliphatic carbocycles. The summed E-state index contributed by atoms with van der Waals surface area (Å²) < 4.78 is 15.0. The van der Waals surface area contributed by atoms with Crippen LogP contribution >= 0.6 is 0 Å². The standard InChI is InChI=1S/C23H23FN6O2/c1-13-22(31)29-21-17(27-13)5-3-15(20(21)24)12-30-9-7-14(8-10-30)16-4-6-18(23(32)26-2)28-19(16)11-25/h3-6,14H,7-10,12H2,1-2H3,(H,26,32)(H,29,31). The highest BCUT2D eigenvalue weighted by Crippen LogP contribution is 2.31. The Kier molecular flexibility index (Phi) is 5.97. The fraction of sp³-hybridized carbons (Fsp3) is 0.348. The molecule has 0 radical (unpaired) electrons. The smallest absolute Gasteiger partial charge is 0.269 e. The van der Waals surface area contributed by atoms with Crippen LogP contribution in [0.2, 0.25) is 0 Å². The molecule has 1 aliphatic rings. The maximum Gasteiger partial charge on any atom is 0.269 e. The van der Waals surface area contributed by atoms with Crippen LogP contribution in [0.4, 0.5) is 4.39 Å². The predicted octanol–water partition coefficient (Wildman–Crippen LogP) is 2.38. The number of aryl methyl sites for hydroxylation is 1. The first-order valence-electron chi connectivity index (χ1n) is 10.4. The van der Waals surface area contributed by atoms with E-state index in [0.717, 1.165) is 31.5 Å². The molecule has 0 bridgehead atoms. The van der Waals surface area contributed by atoms with Crippen molar-refractivity contribution in [1.82, 2.24) is 25.2 Å². The van der Waals surface area contributed by atoms with Gasteiger partial charge in [-0.05, 0) is 56.5 Å². The minimum atomic E-state index is -0.449. The monoisotopic (exact) mass is 434 g/mol. The highest BCUT2D eigenvalue weighted by atomic mass is 19.1. The fourth-order valence-corrected chi connectivity index (χ4v) is 4.17. The van der Waals surface area contributed by atoms with Crippen molar-refractivity contribution in [3.8, 4) is 6.07 Å². The molecule has 9 heteroatoms. The summed E-state index contributed by atoms with van der Waals surface area (Å²) in [7, 11) is 1.52. The Morgan fingerprint density at radius 1 is 1.28 bits per heavy atom. The number of likely N-dealkylation sites (tertiary alicyclic amines) is 1. The Morgan fingerprint density at radius 2 is 2.03 bits per heavy atom. The van der Waals surface area contributed by atoms with Gasteiger partial charge < -0.3 is 10.3 Å². The van der Waals surface area contributed by atoms with E-state index >= 15 is 0 Å². The Balaban J connectivity index is 1.47. The quantitative estimate of drug-likeness (QED) is 0.652. The molecular weight excluding hydrogens is 411 g/mol. The van der Waals surface area contributed by atoms with Gasteiger partial charge in [-0.1, -0.05) is 12.1 Å². The topological polar surface area (TPSA) is 115 Å². The maximum atomic E-state index is 15.0. The molecule has 164 valence electrons. The van der Waals surface area contributed by atoms with Crippen LogP contribution < -0.4 is 10.9 Å². The molecule has 1 aromatic carbocycles. The van der Waals surface area contributed by atoms with Gasteiger partial charge in [-0.25, -0.2) is 14.4 Å². The number of piperidine rings is 1. The zero-order valence-electron chi connectivity index (χ0n) is 17.9. The van der Waals surface area contributed by atoms with E-state index in [0.29, 0.717) is 23.3 Å². The van der Waals surface area contributed by atoms with Crippen LogP contribution in [0.25, 0.3) is 11.0 Å². The number of H-pyrrole nitrogens is 1. The molecule has 2 aromatic heterocycles. The first kappa shape index (κ1) is 21.6. The molecule has 2 N–H and O–H groups in total. The maximum absolute atomic E-state index is 15.0. The number of carbonyl (C=O) groups is 1. The fourth-order valence-electron chi connectivity index (χ4n) is 4.17. The molecule has 1 amide bonds. The third-order valence-electron chi connectivity index (χ3n) is 5.97. The van der Waals surface area contributed by atoms with E-state index in [1.807, 2.05) is 6.07 Å². The molecule has 0 saturated carbocycles. The summed E-state index contributed by atoms with van der Waals surface area (Å²) in [6.45, 7) is 3.47. The van der Waals surface area contributed by atoms with Gasteiger partial charge in [0.25, 0.3) is 11.5 Å². The number of pyridine rings is 1. The van der Waals surface area contributed by atoms with Gasteiger partial charge in [0.15, 0.2) is 5.82 Å². The Hall–Kier alpha value is -3.64. The van der Waals surface area contributed by atoms with E-state index in [1.54, 1.807) is 25.1 Å². The third kappa shape index (κ3) is 4.09. The number of halogens is 1. The van der Waals surface area contributed by atoms with E-state index < -0.39 is 11.4 Å². The van der Waals surface area contributed by atoms with E-state index in [2.05, 4.69) is 31.2 Å². The molecule has 3 heterocycles. The minimum absolute atomic E-state index is 0.133. The summed E-state index contributed by atoms with van der Waals surface area (Å²) >= 11 is 0. The van der Waals surface area contributed by atoms with E-state index in [4.69, 9.17) is 0 Å². The van der Waals surface area contributed by atoms with Crippen LogP contribution in [-0.4, -0.2) is 45.9 Å². The van der Waals surface area contributed by atoms with Crippen LogP contribution in [0.5, 0.6) is 0 Å². The second kappa shape index (κ2) is 8.85. The summed E-state index contributed by atoms with van der Waals surface area (Å²) in [6.07, 6.45) is 1.59. The Labute approximate surface area is 184 Å². The summed E-state index contributed by atoms with van der Waals surface area (Å²) in [6, 6.07) is 9.00. The largest absolute Gasteiger partial charge is 0.354 e. The lowest BCUT2D eigenvalue weighted by Gasteiger charge is -2.32. The molecule has 0 atom stereocenters. The highest BCUT2D eigenvalue weighted by Gasteiger charge is 2.25. The first-order valence-corrected chi connectivity index (χ1v) is 10.4. The summed E-state index contributed by atoms with van der Waals surface area (Å²) in [5, 5.41) is 12.0. The number of hydrogen-bond acceptors (Lipinski definition) is 6. The van der Waals surface area contributed by atoms with Crippen LogP contribution in [0.1, 0.15) is 51.8 Å². The summed E-state index contributed by atoms with van der Waals surface area (Å²) in [4.78, 5) is 36.7.